The Morgan fingerprint density at radius 3 is 2.29 bits per heavy atom. The van der Waals surface area contributed by atoms with Gasteiger partial charge in [0.2, 0.25) is 5.91 Å². The maximum atomic E-state index is 12.9. The lowest BCUT2D eigenvalue weighted by molar-refractivity contribution is -0.133. The second kappa shape index (κ2) is 7.79. The first-order valence-electron chi connectivity index (χ1n) is 7.96. The molecule has 1 atom stereocenters. The van der Waals surface area contributed by atoms with Crippen LogP contribution in [-0.4, -0.2) is 29.3 Å². The highest BCUT2D eigenvalue weighted by molar-refractivity contribution is 6.36. The van der Waals surface area contributed by atoms with Crippen LogP contribution in [0.25, 0.3) is 0 Å². The number of hydrogen-bond donors (Lipinski definition) is 2. The minimum absolute atomic E-state index is 0.225. The van der Waals surface area contributed by atoms with Crippen molar-refractivity contribution in [2.45, 2.75) is 12.5 Å². The molecular formula is C18H13Cl4N3O3. The van der Waals surface area contributed by atoms with Crippen LogP contribution in [0, 0.1) is 0 Å². The Morgan fingerprint density at radius 2 is 1.68 bits per heavy atom. The Labute approximate surface area is 180 Å². The van der Waals surface area contributed by atoms with Gasteiger partial charge in [-0.2, -0.15) is 0 Å². The molecule has 0 radical (unpaired) electrons. The lowest BCUT2D eigenvalue weighted by atomic mass is 9.92. The minimum Gasteiger partial charge on any atom is -0.324 e. The first-order chi connectivity index (χ1) is 13.1. The summed E-state index contributed by atoms with van der Waals surface area (Å²) in [5, 5.41) is 6.43. The van der Waals surface area contributed by atoms with Gasteiger partial charge in [0.05, 0.1) is 0 Å². The number of anilines is 1. The van der Waals surface area contributed by atoms with Gasteiger partial charge in [-0.3, -0.25) is 14.5 Å². The third-order valence-electron chi connectivity index (χ3n) is 4.19. The van der Waals surface area contributed by atoms with Crippen molar-refractivity contribution in [3.63, 3.8) is 0 Å². The molecular weight excluding hydrogens is 448 g/mol. The second-order valence-electron chi connectivity index (χ2n) is 6.28. The highest BCUT2D eigenvalue weighted by Gasteiger charge is 2.50. The van der Waals surface area contributed by atoms with Crippen molar-refractivity contribution in [3.8, 4) is 0 Å². The molecule has 3 rings (SSSR count). The largest absolute Gasteiger partial charge is 0.325 e. The van der Waals surface area contributed by atoms with E-state index in [2.05, 4.69) is 10.6 Å². The molecule has 1 unspecified atom stereocenters. The molecule has 2 aromatic carbocycles. The van der Waals surface area contributed by atoms with Crippen molar-refractivity contribution in [1.29, 1.82) is 0 Å². The van der Waals surface area contributed by atoms with Crippen molar-refractivity contribution >= 4 is 69.9 Å². The summed E-state index contributed by atoms with van der Waals surface area (Å²) < 4.78 is 0. The standard InChI is InChI=1S/C18H13Cl4N3O3/c1-18(13-3-2-9(19)7-14(13)22)16(27)25(17(28)24-18)8-15(26)23-12-5-10(20)4-11(21)6-12/h2-7H,8H2,1H3,(H,23,26)(H,24,28). The number of rotatable bonds is 4. The van der Waals surface area contributed by atoms with Crippen molar-refractivity contribution < 1.29 is 14.4 Å². The summed E-state index contributed by atoms with van der Waals surface area (Å²) in [4.78, 5) is 38.4. The average Bonchev–Trinajstić information content (AvgIpc) is 2.77. The van der Waals surface area contributed by atoms with Crippen LogP contribution >= 0.6 is 46.4 Å². The van der Waals surface area contributed by atoms with E-state index in [0.29, 0.717) is 26.3 Å². The summed E-state index contributed by atoms with van der Waals surface area (Å²) in [5.41, 5.74) is -0.696. The summed E-state index contributed by atoms with van der Waals surface area (Å²) in [5.74, 6) is -1.20. The van der Waals surface area contributed by atoms with Crippen LogP contribution in [0.5, 0.6) is 0 Å². The zero-order valence-corrected chi connectivity index (χ0v) is 17.4. The Kier molecular flexibility index (Phi) is 5.77. The molecule has 1 saturated heterocycles. The molecule has 0 aromatic heterocycles. The van der Waals surface area contributed by atoms with Gasteiger partial charge < -0.3 is 10.6 Å². The van der Waals surface area contributed by atoms with Gasteiger partial charge in [0.25, 0.3) is 5.91 Å². The Morgan fingerprint density at radius 1 is 1.04 bits per heavy atom. The van der Waals surface area contributed by atoms with Gasteiger partial charge in [0, 0.05) is 31.3 Å². The number of carbonyl (C=O) groups excluding carboxylic acids is 3. The zero-order valence-electron chi connectivity index (χ0n) is 14.4. The highest BCUT2D eigenvalue weighted by Crippen LogP contribution is 2.35. The van der Waals surface area contributed by atoms with Crippen molar-refractivity contribution in [1.82, 2.24) is 10.2 Å². The van der Waals surface area contributed by atoms with Crippen molar-refractivity contribution in [2.75, 3.05) is 11.9 Å². The number of benzene rings is 2. The molecule has 1 fully saturated rings. The fraction of sp³-hybridized carbons (Fsp3) is 0.167. The fourth-order valence-electron chi connectivity index (χ4n) is 2.89. The summed E-state index contributed by atoms with van der Waals surface area (Å²) in [6.07, 6.45) is 0. The van der Waals surface area contributed by atoms with E-state index in [4.69, 9.17) is 46.4 Å². The molecule has 1 heterocycles. The third-order valence-corrected chi connectivity index (χ3v) is 5.18. The number of hydrogen-bond acceptors (Lipinski definition) is 3. The van der Waals surface area contributed by atoms with Crippen LogP contribution in [0.3, 0.4) is 0 Å². The molecule has 0 spiro atoms. The van der Waals surface area contributed by atoms with Gasteiger partial charge in [-0.05, 0) is 37.3 Å². The summed E-state index contributed by atoms with van der Waals surface area (Å²) in [7, 11) is 0. The Hall–Kier alpha value is -1.99. The molecule has 146 valence electrons. The van der Waals surface area contributed by atoms with Gasteiger partial charge >= 0.3 is 6.03 Å². The van der Waals surface area contributed by atoms with Crippen molar-refractivity contribution in [2.24, 2.45) is 0 Å². The summed E-state index contributed by atoms with van der Waals surface area (Å²) >= 11 is 23.9. The number of nitrogens with zero attached hydrogens (tertiary/aromatic N) is 1. The molecule has 0 saturated carbocycles. The quantitative estimate of drug-likeness (QED) is 0.648. The number of imide groups is 1. The number of nitrogens with one attached hydrogen (secondary N) is 2. The van der Waals surface area contributed by atoms with Crippen LogP contribution in [0.4, 0.5) is 10.5 Å². The van der Waals surface area contributed by atoms with E-state index in [0.717, 1.165) is 4.90 Å². The molecule has 2 aromatic rings. The normalized spacial score (nSPS) is 19.0. The summed E-state index contributed by atoms with van der Waals surface area (Å²) in [6.45, 7) is 1.02. The second-order valence-corrected chi connectivity index (χ2v) is 7.99. The summed E-state index contributed by atoms with van der Waals surface area (Å²) in [6, 6.07) is 8.38. The molecule has 1 aliphatic heterocycles. The van der Waals surface area contributed by atoms with Gasteiger partial charge in [-0.25, -0.2) is 4.79 Å². The first-order valence-corrected chi connectivity index (χ1v) is 9.47. The predicted molar refractivity (Wildman–Crippen MR) is 109 cm³/mol. The maximum Gasteiger partial charge on any atom is 0.325 e. The van der Waals surface area contributed by atoms with E-state index in [1.54, 1.807) is 12.1 Å². The molecule has 10 heteroatoms. The first kappa shape index (κ1) is 20.7. The zero-order chi connectivity index (χ0) is 20.6. The van der Waals surface area contributed by atoms with E-state index >= 15 is 0 Å². The lowest BCUT2D eigenvalue weighted by Crippen LogP contribution is -2.42. The predicted octanol–water partition coefficient (Wildman–Crippen LogP) is 4.71. The van der Waals surface area contributed by atoms with E-state index in [1.807, 2.05) is 0 Å². The molecule has 1 aliphatic rings. The van der Waals surface area contributed by atoms with Crippen LogP contribution in [0.1, 0.15) is 12.5 Å². The number of carbonyl (C=O) groups is 3. The van der Waals surface area contributed by atoms with Gasteiger partial charge in [0.15, 0.2) is 0 Å². The molecule has 0 aliphatic carbocycles. The Balaban J connectivity index is 1.79. The number of halogens is 4. The molecule has 0 bridgehead atoms. The third kappa shape index (κ3) is 4.05. The monoisotopic (exact) mass is 459 g/mol. The fourth-order valence-corrected chi connectivity index (χ4v) is 4.01. The number of amides is 4. The Bertz CT molecular complexity index is 978. The van der Waals surface area contributed by atoms with Crippen LogP contribution < -0.4 is 10.6 Å². The van der Waals surface area contributed by atoms with Gasteiger partial charge in [-0.1, -0.05) is 52.5 Å². The molecule has 4 amide bonds. The average molecular weight is 461 g/mol. The van der Waals surface area contributed by atoms with Crippen LogP contribution in [-0.2, 0) is 15.1 Å². The number of urea groups is 1. The van der Waals surface area contributed by atoms with Gasteiger partial charge in [-0.15, -0.1) is 0 Å². The van der Waals surface area contributed by atoms with E-state index in [1.165, 1.54) is 31.2 Å². The molecule has 2 N–H and O–H groups in total. The highest BCUT2D eigenvalue weighted by atomic mass is 35.5. The van der Waals surface area contributed by atoms with E-state index < -0.39 is 29.9 Å². The smallest absolute Gasteiger partial charge is 0.324 e. The van der Waals surface area contributed by atoms with Gasteiger partial charge in [0.1, 0.15) is 12.1 Å². The van der Waals surface area contributed by atoms with E-state index in [-0.39, 0.29) is 5.02 Å². The van der Waals surface area contributed by atoms with Crippen LogP contribution in [0.15, 0.2) is 36.4 Å². The van der Waals surface area contributed by atoms with E-state index in [9.17, 15) is 14.4 Å². The lowest BCUT2D eigenvalue weighted by Gasteiger charge is -2.23. The molecule has 28 heavy (non-hydrogen) atoms. The minimum atomic E-state index is -1.42. The van der Waals surface area contributed by atoms with Crippen LogP contribution in [0.2, 0.25) is 20.1 Å². The van der Waals surface area contributed by atoms with Crippen molar-refractivity contribution in [3.05, 3.63) is 62.1 Å². The maximum absolute atomic E-state index is 12.9. The topological polar surface area (TPSA) is 78.5 Å². The molecule has 6 nitrogen and oxygen atoms in total. The SMILES string of the molecule is CC1(c2ccc(Cl)cc2Cl)NC(=O)N(CC(=O)Nc2cc(Cl)cc(Cl)c2)C1=O.